The minimum atomic E-state index is -0.918. The average Bonchev–Trinajstić information content (AvgIpc) is 3.06. The van der Waals surface area contributed by atoms with E-state index in [2.05, 4.69) is 34.1 Å². The zero-order valence-electron chi connectivity index (χ0n) is 16.1. The molecule has 2 heterocycles. The zero-order valence-corrected chi connectivity index (χ0v) is 17.7. The highest BCUT2D eigenvalue weighted by Gasteiger charge is 2.66. The van der Waals surface area contributed by atoms with Crippen LogP contribution >= 0.6 is 15.9 Å². The van der Waals surface area contributed by atoms with Crippen molar-refractivity contribution >= 4 is 27.8 Å². The van der Waals surface area contributed by atoms with Gasteiger partial charge in [0.15, 0.2) is 11.5 Å². The van der Waals surface area contributed by atoms with E-state index in [9.17, 15) is 4.79 Å². The molecule has 7 heteroatoms. The highest BCUT2D eigenvalue weighted by Crippen LogP contribution is 2.62. The number of nitrogens with two attached hydrogens (primary N) is 1. The standard InChI is InChI=1S/C21H26BrN3O3/c1-27-15-4-7-20(8-5-15)11-13-2-3-14(22)10-17(13)21(20)18(26)25(19(23)24-21)12-16-6-9-28-16/h2-3,10,15-16H,4-9,11-12H2,1H3,(H2,23,24). The minimum absolute atomic E-state index is 0.0215. The van der Waals surface area contributed by atoms with Crippen LogP contribution in [0.3, 0.4) is 0 Å². The number of aliphatic imine (C=N–C) groups is 1. The van der Waals surface area contributed by atoms with Crippen LogP contribution in [0.1, 0.15) is 43.2 Å². The Labute approximate surface area is 173 Å². The summed E-state index contributed by atoms with van der Waals surface area (Å²) in [5.41, 5.74) is 7.43. The highest BCUT2D eigenvalue weighted by molar-refractivity contribution is 9.10. The number of hydrogen-bond acceptors (Lipinski definition) is 5. The molecule has 2 atom stereocenters. The summed E-state index contributed by atoms with van der Waals surface area (Å²) < 4.78 is 12.1. The first kappa shape index (κ1) is 18.6. The lowest BCUT2D eigenvalue weighted by molar-refractivity contribution is -0.141. The number of carbonyl (C=O) groups is 1. The first-order valence-electron chi connectivity index (χ1n) is 10.1. The summed E-state index contributed by atoms with van der Waals surface area (Å²) in [6, 6.07) is 6.26. The molecule has 1 amide bonds. The number of methoxy groups -OCH3 is 1. The Morgan fingerprint density at radius 3 is 2.75 bits per heavy atom. The van der Waals surface area contributed by atoms with Crippen molar-refractivity contribution < 1.29 is 14.3 Å². The molecular weight excluding hydrogens is 422 g/mol. The van der Waals surface area contributed by atoms with Crippen molar-refractivity contribution in [3.8, 4) is 0 Å². The van der Waals surface area contributed by atoms with Crippen LogP contribution in [-0.4, -0.2) is 49.2 Å². The van der Waals surface area contributed by atoms with Crippen LogP contribution in [0.25, 0.3) is 0 Å². The number of rotatable bonds is 3. The highest BCUT2D eigenvalue weighted by atomic mass is 79.9. The molecule has 4 aliphatic rings. The molecule has 6 nitrogen and oxygen atoms in total. The van der Waals surface area contributed by atoms with E-state index in [1.807, 2.05) is 0 Å². The normalized spacial score (nSPS) is 36.7. The molecular formula is C21H26BrN3O3. The monoisotopic (exact) mass is 447 g/mol. The van der Waals surface area contributed by atoms with E-state index >= 15 is 0 Å². The van der Waals surface area contributed by atoms with Gasteiger partial charge in [-0.05, 0) is 61.8 Å². The first-order valence-corrected chi connectivity index (χ1v) is 10.9. The van der Waals surface area contributed by atoms with Crippen molar-refractivity contribution in [2.24, 2.45) is 16.1 Å². The molecule has 2 spiro atoms. The molecule has 150 valence electrons. The number of nitrogens with zero attached hydrogens (tertiary/aromatic N) is 2. The van der Waals surface area contributed by atoms with Crippen molar-refractivity contribution in [1.29, 1.82) is 0 Å². The minimum Gasteiger partial charge on any atom is -0.381 e. The van der Waals surface area contributed by atoms with Crippen LogP contribution in [0, 0.1) is 5.41 Å². The van der Waals surface area contributed by atoms with Gasteiger partial charge < -0.3 is 15.2 Å². The Balaban J connectivity index is 1.59. The van der Waals surface area contributed by atoms with Crippen molar-refractivity contribution in [3.05, 3.63) is 33.8 Å². The maximum Gasteiger partial charge on any atom is 0.262 e. The second kappa shape index (κ2) is 6.54. The van der Waals surface area contributed by atoms with E-state index in [1.54, 1.807) is 12.0 Å². The number of halogens is 1. The SMILES string of the molecule is COC1CCC2(CC1)Cc1ccc(Br)cc1C21N=C(N)N(CC2CCO2)C1=O. The van der Waals surface area contributed by atoms with E-state index in [-0.39, 0.29) is 23.5 Å². The number of hydrogen-bond donors (Lipinski definition) is 1. The Kier molecular flexibility index (Phi) is 4.34. The summed E-state index contributed by atoms with van der Waals surface area (Å²) in [5.74, 6) is 0.356. The maximum atomic E-state index is 13.9. The Morgan fingerprint density at radius 2 is 2.11 bits per heavy atom. The second-order valence-corrected chi connectivity index (χ2v) is 9.49. The molecule has 0 radical (unpaired) electrons. The smallest absolute Gasteiger partial charge is 0.262 e. The quantitative estimate of drug-likeness (QED) is 0.772. The third-order valence-corrected chi connectivity index (χ3v) is 7.77. The average molecular weight is 448 g/mol. The van der Waals surface area contributed by atoms with Gasteiger partial charge in [-0.3, -0.25) is 9.69 Å². The number of fused-ring (bicyclic) bond motifs is 3. The lowest BCUT2D eigenvalue weighted by atomic mass is 9.61. The van der Waals surface area contributed by atoms with E-state index in [0.717, 1.165) is 55.2 Å². The molecule has 1 saturated heterocycles. The van der Waals surface area contributed by atoms with Crippen molar-refractivity contribution in [2.45, 2.75) is 56.3 Å². The maximum absolute atomic E-state index is 13.9. The Hall–Kier alpha value is -1.44. The summed E-state index contributed by atoms with van der Waals surface area (Å²) in [5, 5.41) is 0. The lowest BCUT2D eigenvalue weighted by Gasteiger charge is -2.45. The predicted octanol–water partition coefficient (Wildman–Crippen LogP) is 2.72. The van der Waals surface area contributed by atoms with E-state index in [4.69, 9.17) is 20.2 Å². The molecule has 28 heavy (non-hydrogen) atoms. The number of amides is 1. The van der Waals surface area contributed by atoms with Crippen molar-refractivity contribution in [2.75, 3.05) is 20.3 Å². The van der Waals surface area contributed by atoms with E-state index < -0.39 is 5.54 Å². The number of benzene rings is 1. The third-order valence-electron chi connectivity index (χ3n) is 7.27. The van der Waals surface area contributed by atoms with Crippen LogP contribution in [0.4, 0.5) is 0 Å². The van der Waals surface area contributed by atoms with Crippen LogP contribution in [0.5, 0.6) is 0 Å². The van der Waals surface area contributed by atoms with Crippen LogP contribution in [0.2, 0.25) is 0 Å². The van der Waals surface area contributed by atoms with Gasteiger partial charge in [0.05, 0.1) is 18.8 Å². The Bertz CT molecular complexity index is 845. The molecule has 0 aromatic heterocycles. The summed E-state index contributed by atoms with van der Waals surface area (Å²) in [4.78, 5) is 20.6. The molecule has 2 aliphatic heterocycles. The number of ether oxygens (including phenoxy) is 2. The third kappa shape index (κ3) is 2.45. The molecule has 5 rings (SSSR count). The van der Waals surface area contributed by atoms with Crippen LogP contribution < -0.4 is 5.73 Å². The van der Waals surface area contributed by atoms with Gasteiger partial charge in [0.1, 0.15) is 0 Å². The molecule has 1 saturated carbocycles. The van der Waals surface area contributed by atoms with Crippen molar-refractivity contribution in [3.63, 3.8) is 0 Å². The van der Waals surface area contributed by atoms with Gasteiger partial charge in [0, 0.05) is 23.6 Å². The summed E-state index contributed by atoms with van der Waals surface area (Å²) in [6.45, 7) is 1.25. The fourth-order valence-electron chi connectivity index (χ4n) is 5.64. The largest absolute Gasteiger partial charge is 0.381 e. The molecule has 0 bridgehead atoms. The molecule has 2 unspecified atom stereocenters. The molecule has 1 aromatic rings. The van der Waals surface area contributed by atoms with Crippen LogP contribution in [0.15, 0.2) is 27.7 Å². The summed E-state index contributed by atoms with van der Waals surface area (Å²) in [7, 11) is 1.77. The van der Waals surface area contributed by atoms with Gasteiger partial charge in [-0.15, -0.1) is 0 Å². The van der Waals surface area contributed by atoms with Gasteiger partial charge >= 0.3 is 0 Å². The molecule has 2 fully saturated rings. The van der Waals surface area contributed by atoms with E-state index in [1.165, 1.54) is 5.56 Å². The number of carbonyl (C=O) groups excluding carboxylic acids is 1. The zero-order chi connectivity index (χ0) is 19.5. The molecule has 2 aliphatic carbocycles. The molecule has 2 N–H and O–H groups in total. The predicted molar refractivity (Wildman–Crippen MR) is 109 cm³/mol. The fraction of sp³-hybridized carbons (Fsp3) is 0.619. The second-order valence-electron chi connectivity index (χ2n) is 8.57. The first-order chi connectivity index (χ1) is 13.5. The van der Waals surface area contributed by atoms with Gasteiger partial charge in [0.25, 0.3) is 5.91 Å². The number of guanidine groups is 1. The summed E-state index contributed by atoms with van der Waals surface area (Å²) >= 11 is 3.59. The van der Waals surface area contributed by atoms with Crippen LogP contribution in [-0.2, 0) is 26.2 Å². The Morgan fingerprint density at radius 1 is 1.36 bits per heavy atom. The van der Waals surface area contributed by atoms with Gasteiger partial charge in [-0.1, -0.05) is 22.0 Å². The topological polar surface area (TPSA) is 77.2 Å². The van der Waals surface area contributed by atoms with Gasteiger partial charge in [0.2, 0.25) is 0 Å². The summed E-state index contributed by atoms with van der Waals surface area (Å²) in [6.07, 6.45) is 5.87. The lowest BCUT2D eigenvalue weighted by Crippen LogP contribution is -2.54. The molecule has 1 aromatic carbocycles. The van der Waals surface area contributed by atoms with Crippen molar-refractivity contribution in [1.82, 2.24) is 4.90 Å². The van der Waals surface area contributed by atoms with Gasteiger partial charge in [-0.25, -0.2) is 4.99 Å². The van der Waals surface area contributed by atoms with E-state index in [0.29, 0.717) is 12.5 Å². The fourth-order valence-corrected chi connectivity index (χ4v) is 6.01. The van der Waals surface area contributed by atoms with Gasteiger partial charge in [-0.2, -0.15) is 0 Å².